The van der Waals surface area contributed by atoms with Crippen LogP contribution in [-0.2, 0) is 0 Å². The summed E-state index contributed by atoms with van der Waals surface area (Å²) >= 11 is 4.70. The molecule has 3 rings (SSSR count). The SMILES string of the molecule is COc1ccc(OC)c(-c2csc(NC(=O)c3cc(OC)c(Br)c(OC)c3)n2)c1. The van der Waals surface area contributed by atoms with E-state index in [1.807, 2.05) is 23.6 Å². The summed E-state index contributed by atoms with van der Waals surface area (Å²) in [4.78, 5) is 17.2. The van der Waals surface area contributed by atoms with Crippen molar-refractivity contribution in [1.82, 2.24) is 4.98 Å². The maximum Gasteiger partial charge on any atom is 0.257 e. The number of anilines is 1. The lowest BCUT2D eigenvalue weighted by molar-refractivity contribution is 0.102. The number of amides is 1. The fourth-order valence-corrected chi connectivity index (χ4v) is 3.90. The number of carbonyl (C=O) groups is 1. The zero-order valence-electron chi connectivity index (χ0n) is 16.2. The normalized spacial score (nSPS) is 10.4. The Hall–Kier alpha value is -2.78. The summed E-state index contributed by atoms with van der Waals surface area (Å²) in [5, 5.41) is 5.10. The predicted octanol–water partition coefficient (Wildman–Crippen LogP) is 4.86. The van der Waals surface area contributed by atoms with E-state index in [2.05, 4.69) is 26.2 Å². The van der Waals surface area contributed by atoms with Crippen LogP contribution < -0.4 is 24.3 Å². The zero-order valence-corrected chi connectivity index (χ0v) is 18.6. The highest BCUT2D eigenvalue weighted by Crippen LogP contribution is 2.37. The van der Waals surface area contributed by atoms with Crippen LogP contribution in [0.2, 0.25) is 0 Å². The molecule has 0 aliphatic heterocycles. The average Bonchev–Trinajstić information content (AvgIpc) is 3.21. The number of carbonyl (C=O) groups excluding carboxylic acids is 1. The molecular formula is C20H19BrN2O5S. The van der Waals surface area contributed by atoms with Crippen molar-refractivity contribution in [2.45, 2.75) is 0 Å². The van der Waals surface area contributed by atoms with Gasteiger partial charge in [0.25, 0.3) is 5.91 Å². The molecule has 0 aliphatic carbocycles. The molecule has 0 radical (unpaired) electrons. The van der Waals surface area contributed by atoms with Gasteiger partial charge in [-0.2, -0.15) is 0 Å². The highest BCUT2D eigenvalue weighted by molar-refractivity contribution is 9.10. The lowest BCUT2D eigenvalue weighted by Gasteiger charge is -2.11. The van der Waals surface area contributed by atoms with Crippen LogP contribution in [0.25, 0.3) is 11.3 Å². The van der Waals surface area contributed by atoms with Gasteiger partial charge in [-0.25, -0.2) is 4.98 Å². The number of nitrogens with one attached hydrogen (secondary N) is 1. The molecule has 1 N–H and O–H groups in total. The Labute approximate surface area is 180 Å². The first kappa shape index (κ1) is 20.9. The number of benzene rings is 2. The Morgan fingerprint density at radius 1 is 0.966 bits per heavy atom. The third-order valence-electron chi connectivity index (χ3n) is 4.12. The number of hydrogen-bond donors (Lipinski definition) is 1. The van der Waals surface area contributed by atoms with Crippen molar-refractivity contribution < 1.29 is 23.7 Å². The average molecular weight is 479 g/mol. The molecule has 1 aromatic heterocycles. The summed E-state index contributed by atoms with van der Waals surface area (Å²) in [6.07, 6.45) is 0. The third-order valence-corrected chi connectivity index (χ3v) is 5.65. The summed E-state index contributed by atoms with van der Waals surface area (Å²) in [6.45, 7) is 0. The molecule has 29 heavy (non-hydrogen) atoms. The van der Waals surface area contributed by atoms with E-state index in [1.54, 1.807) is 26.4 Å². The van der Waals surface area contributed by atoms with Crippen molar-refractivity contribution >= 4 is 38.3 Å². The fourth-order valence-electron chi connectivity index (χ4n) is 2.64. The standard InChI is InChI=1S/C20H19BrN2O5S/c1-25-12-5-6-15(26-2)13(9-12)14-10-29-20(22-14)23-19(24)11-7-16(27-3)18(21)17(8-11)28-4/h5-10H,1-4H3,(H,22,23,24). The summed E-state index contributed by atoms with van der Waals surface area (Å²) < 4.78 is 21.9. The number of aromatic nitrogens is 1. The van der Waals surface area contributed by atoms with E-state index in [0.717, 1.165) is 5.56 Å². The van der Waals surface area contributed by atoms with Crippen LogP contribution in [0.5, 0.6) is 23.0 Å². The minimum absolute atomic E-state index is 0.326. The molecule has 1 heterocycles. The molecule has 7 nitrogen and oxygen atoms in total. The van der Waals surface area contributed by atoms with E-state index in [0.29, 0.717) is 43.9 Å². The van der Waals surface area contributed by atoms with Crippen LogP contribution in [0.4, 0.5) is 5.13 Å². The second-order valence-electron chi connectivity index (χ2n) is 5.75. The van der Waals surface area contributed by atoms with Crippen molar-refractivity contribution in [2.24, 2.45) is 0 Å². The zero-order chi connectivity index (χ0) is 21.0. The van der Waals surface area contributed by atoms with Gasteiger partial charge in [0.2, 0.25) is 0 Å². The number of hydrogen-bond acceptors (Lipinski definition) is 7. The number of ether oxygens (including phenoxy) is 4. The summed E-state index contributed by atoms with van der Waals surface area (Å²) in [5.41, 5.74) is 1.83. The van der Waals surface area contributed by atoms with Crippen LogP contribution in [0, 0.1) is 0 Å². The number of thiazole rings is 1. The monoisotopic (exact) mass is 478 g/mol. The van der Waals surface area contributed by atoms with Crippen molar-refractivity contribution in [2.75, 3.05) is 33.8 Å². The van der Waals surface area contributed by atoms with Crippen molar-refractivity contribution in [3.8, 4) is 34.3 Å². The largest absolute Gasteiger partial charge is 0.497 e. The first-order chi connectivity index (χ1) is 14.0. The van der Waals surface area contributed by atoms with Crippen molar-refractivity contribution in [3.63, 3.8) is 0 Å². The molecule has 1 amide bonds. The van der Waals surface area contributed by atoms with Crippen LogP contribution in [-0.4, -0.2) is 39.3 Å². The summed E-state index contributed by atoms with van der Waals surface area (Å²) in [7, 11) is 6.24. The van der Waals surface area contributed by atoms with Gasteiger partial charge in [-0.05, 0) is 46.3 Å². The van der Waals surface area contributed by atoms with Crippen LogP contribution in [0.1, 0.15) is 10.4 Å². The molecule has 2 aromatic carbocycles. The quantitative estimate of drug-likeness (QED) is 0.522. The summed E-state index contributed by atoms with van der Waals surface area (Å²) in [5.74, 6) is 2.02. The first-order valence-electron chi connectivity index (χ1n) is 8.41. The minimum Gasteiger partial charge on any atom is -0.497 e. The minimum atomic E-state index is -0.326. The number of nitrogens with zero attached hydrogens (tertiary/aromatic N) is 1. The van der Waals surface area contributed by atoms with Gasteiger partial charge in [0.1, 0.15) is 27.5 Å². The second-order valence-corrected chi connectivity index (χ2v) is 7.40. The van der Waals surface area contributed by atoms with Crippen LogP contribution in [0.15, 0.2) is 40.2 Å². The smallest absolute Gasteiger partial charge is 0.257 e. The Bertz CT molecular complexity index is 1010. The van der Waals surface area contributed by atoms with E-state index in [4.69, 9.17) is 18.9 Å². The van der Waals surface area contributed by atoms with Gasteiger partial charge in [-0.15, -0.1) is 11.3 Å². The Morgan fingerprint density at radius 2 is 1.62 bits per heavy atom. The molecule has 0 saturated carbocycles. The number of methoxy groups -OCH3 is 4. The maximum atomic E-state index is 12.7. The molecule has 0 fully saturated rings. The van der Waals surface area contributed by atoms with E-state index in [-0.39, 0.29) is 5.91 Å². The van der Waals surface area contributed by atoms with Crippen LogP contribution >= 0.6 is 27.3 Å². The van der Waals surface area contributed by atoms with Gasteiger partial charge in [0.05, 0.1) is 34.1 Å². The summed E-state index contributed by atoms with van der Waals surface area (Å²) in [6, 6.07) is 8.71. The Balaban J connectivity index is 1.87. The van der Waals surface area contributed by atoms with Gasteiger partial charge in [-0.3, -0.25) is 10.1 Å². The highest BCUT2D eigenvalue weighted by Gasteiger charge is 2.17. The third kappa shape index (κ3) is 4.46. The van der Waals surface area contributed by atoms with Gasteiger partial charge >= 0.3 is 0 Å². The first-order valence-corrected chi connectivity index (χ1v) is 10.1. The van der Waals surface area contributed by atoms with Crippen molar-refractivity contribution in [3.05, 3.63) is 45.7 Å². The van der Waals surface area contributed by atoms with E-state index in [9.17, 15) is 4.79 Å². The van der Waals surface area contributed by atoms with Crippen molar-refractivity contribution in [1.29, 1.82) is 0 Å². The fraction of sp³-hybridized carbons (Fsp3) is 0.200. The van der Waals surface area contributed by atoms with Gasteiger partial charge < -0.3 is 18.9 Å². The molecule has 0 unspecified atom stereocenters. The molecule has 0 saturated heterocycles. The number of halogens is 1. The maximum absolute atomic E-state index is 12.7. The molecular weight excluding hydrogens is 460 g/mol. The van der Waals surface area contributed by atoms with E-state index in [1.165, 1.54) is 25.6 Å². The lowest BCUT2D eigenvalue weighted by Crippen LogP contribution is -2.12. The van der Waals surface area contributed by atoms with Crippen LogP contribution in [0.3, 0.4) is 0 Å². The second kappa shape index (κ2) is 9.15. The molecule has 9 heteroatoms. The number of rotatable bonds is 7. The molecule has 0 aliphatic rings. The Kier molecular flexibility index (Phi) is 6.60. The van der Waals surface area contributed by atoms with Gasteiger partial charge in [-0.1, -0.05) is 0 Å². The van der Waals surface area contributed by atoms with Gasteiger partial charge in [0.15, 0.2) is 5.13 Å². The highest BCUT2D eigenvalue weighted by atomic mass is 79.9. The predicted molar refractivity (Wildman–Crippen MR) is 116 cm³/mol. The molecule has 3 aromatic rings. The van der Waals surface area contributed by atoms with Gasteiger partial charge in [0, 0.05) is 16.5 Å². The topological polar surface area (TPSA) is 78.9 Å². The molecule has 152 valence electrons. The molecule has 0 spiro atoms. The Morgan fingerprint density at radius 3 is 2.21 bits per heavy atom. The lowest BCUT2D eigenvalue weighted by atomic mass is 10.1. The van der Waals surface area contributed by atoms with E-state index < -0.39 is 0 Å². The molecule has 0 bridgehead atoms. The molecule has 0 atom stereocenters. The van der Waals surface area contributed by atoms with E-state index >= 15 is 0 Å².